The van der Waals surface area contributed by atoms with Crippen LogP contribution in [0.1, 0.15) is 30.5 Å². The van der Waals surface area contributed by atoms with Crippen LogP contribution in [0.4, 0.5) is 11.4 Å². The fourth-order valence-electron chi connectivity index (χ4n) is 3.62. The SMILES string of the molecule is CCN1C(=O)/C(=C\c2ccc3c(c2)Cc2ccccc2N3CC)OC1=S. The Morgan fingerprint density at radius 1 is 1.04 bits per heavy atom. The molecule has 2 aromatic rings. The lowest BCUT2D eigenvalue weighted by Crippen LogP contribution is -2.27. The van der Waals surface area contributed by atoms with Gasteiger partial charge in [0, 0.05) is 30.9 Å². The number of para-hydroxylation sites is 1. The van der Waals surface area contributed by atoms with Gasteiger partial charge in [-0.3, -0.25) is 9.69 Å². The number of rotatable bonds is 3. The van der Waals surface area contributed by atoms with Crippen molar-refractivity contribution in [3.05, 3.63) is 64.9 Å². The minimum atomic E-state index is -0.171. The van der Waals surface area contributed by atoms with Gasteiger partial charge >= 0.3 is 0 Å². The van der Waals surface area contributed by atoms with Crippen molar-refractivity contribution in [2.75, 3.05) is 18.0 Å². The zero-order chi connectivity index (χ0) is 18.3. The number of ether oxygens (including phenoxy) is 1. The molecule has 132 valence electrons. The third-order valence-electron chi connectivity index (χ3n) is 4.86. The normalized spacial score (nSPS) is 17.4. The highest BCUT2D eigenvalue weighted by Crippen LogP contribution is 2.38. The Bertz CT molecular complexity index is 935. The number of hydrogen-bond donors (Lipinski definition) is 0. The van der Waals surface area contributed by atoms with Crippen LogP contribution in [0.3, 0.4) is 0 Å². The summed E-state index contributed by atoms with van der Waals surface area (Å²) in [6.45, 7) is 5.46. The van der Waals surface area contributed by atoms with Gasteiger partial charge in [-0.2, -0.15) is 0 Å². The van der Waals surface area contributed by atoms with E-state index in [1.165, 1.54) is 27.4 Å². The van der Waals surface area contributed by atoms with E-state index in [1.54, 1.807) is 6.08 Å². The molecular weight excluding hydrogens is 344 g/mol. The van der Waals surface area contributed by atoms with E-state index in [9.17, 15) is 4.79 Å². The maximum atomic E-state index is 12.3. The van der Waals surface area contributed by atoms with E-state index in [0.717, 1.165) is 18.5 Å². The van der Waals surface area contributed by atoms with Gasteiger partial charge in [-0.05, 0) is 67.0 Å². The van der Waals surface area contributed by atoms with Crippen molar-refractivity contribution in [1.29, 1.82) is 0 Å². The first-order valence-corrected chi connectivity index (χ1v) is 9.27. The molecule has 2 heterocycles. The Balaban J connectivity index is 1.70. The average molecular weight is 364 g/mol. The summed E-state index contributed by atoms with van der Waals surface area (Å²) >= 11 is 5.12. The van der Waals surface area contributed by atoms with E-state index < -0.39 is 0 Å². The Morgan fingerprint density at radius 2 is 1.77 bits per heavy atom. The predicted molar refractivity (Wildman–Crippen MR) is 107 cm³/mol. The van der Waals surface area contributed by atoms with Crippen LogP contribution >= 0.6 is 12.2 Å². The van der Waals surface area contributed by atoms with E-state index in [0.29, 0.717) is 12.3 Å². The Hall–Kier alpha value is -2.66. The topological polar surface area (TPSA) is 32.8 Å². The molecule has 1 saturated heterocycles. The molecule has 0 spiro atoms. The highest BCUT2D eigenvalue weighted by atomic mass is 32.1. The number of nitrogens with zero attached hydrogens (tertiary/aromatic N) is 2. The zero-order valence-electron chi connectivity index (χ0n) is 14.9. The molecule has 0 atom stereocenters. The molecule has 1 amide bonds. The van der Waals surface area contributed by atoms with Crippen molar-refractivity contribution in [1.82, 2.24) is 4.90 Å². The molecule has 1 fully saturated rings. The van der Waals surface area contributed by atoms with Gasteiger partial charge in [-0.1, -0.05) is 24.3 Å². The predicted octanol–water partition coefficient (Wildman–Crippen LogP) is 4.25. The minimum absolute atomic E-state index is 0.171. The fourth-order valence-corrected chi connectivity index (χ4v) is 3.93. The number of thiocarbonyl (C=S) groups is 1. The van der Waals surface area contributed by atoms with Gasteiger partial charge in [0.1, 0.15) is 0 Å². The number of carbonyl (C=O) groups is 1. The maximum Gasteiger partial charge on any atom is 0.297 e. The quantitative estimate of drug-likeness (QED) is 0.602. The molecule has 0 unspecified atom stereocenters. The zero-order valence-corrected chi connectivity index (χ0v) is 15.7. The summed E-state index contributed by atoms with van der Waals surface area (Å²) in [5.74, 6) is 0.121. The fraction of sp³-hybridized carbons (Fsp3) is 0.238. The summed E-state index contributed by atoms with van der Waals surface area (Å²) in [6, 6.07) is 14.8. The summed E-state index contributed by atoms with van der Waals surface area (Å²) in [6.07, 6.45) is 2.66. The lowest BCUT2D eigenvalue weighted by atomic mass is 9.94. The highest BCUT2D eigenvalue weighted by molar-refractivity contribution is 7.80. The van der Waals surface area contributed by atoms with Crippen molar-refractivity contribution in [3.63, 3.8) is 0 Å². The third kappa shape index (κ3) is 2.69. The Labute approximate surface area is 158 Å². The van der Waals surface area contributed by atoms with Gasteiger partial charge in [0.15, 0.2) is 5.76 Å². The first-order valence-electron chi connectivity index (χ1n) is 8.86. The number of hydrogen-bond acceptors (Lipinski definition) is 4. The Morgan fingerprint density at radius 3 is 2.50 bits per heavy atom. The molecular formula is C21H20N2O2S. The monoisotopic (exact) mass is 364 g/mol. The van der Waals surface area contributed by atoms with Crippen LogP contribution < -0.4 is 4.90 Å². The molecule has 0 bridgehead atoms. The molecule has 26 heavy (non-hydrogen) atoms. The largest absolute Gasteiger partial charge is 0.426 e. The third-order valence-corrected chi connectivity index (χ3v) is 5.17. The molecule has 2 aromatic carbocycles. The molecule has 0 radical (unpaired) electrons. The Kier molecular flexibility index (Phi) is 4.24. The van der Waals surface area contributed by atoms with Crippen molar-refractivity contribution < 1.29 is 9.53 Å². The van der Waals surface area contributed by atoms with E-state index in [4.69, 9.17) is 17.0 Å². The molecule has 0 saturated carbocycles. The molecule has 2 aliphatic heterocycles. The van der Waals surface area contributed by atoms with Gasteiger partial charge < -0.3 is 9.64 Å². The molecule has 0 N–H and O–H groups in total. The van der Waals surface area contributed by atoms with E-state index in [1.807, 2.05) is 13.0 Å². The molecule has 0 aliphatic carbocycles. The number of fused-ring (bicyclic) bond motifs is 2. The van der Waals surface area contributed by atoms with Crippen LogP contribution in [0.15, 0.2) is 48.2 Å². The summed E-state index contributed by atoms with van der Waals surface area (Å²) in [4.78, 5) is 16.1. The van der Waals surface area contributed by atoms with Gasteiger partial charge in [0.05, 0.1) is 0 Å². The second-order valence-corrected chi connectivity index (χ2v) is 6.71. The molecule has 5 heteroatoms. The lowest BCUT2D eigenvalue weighted by molar-refractivity contribution is -0.122. The number of likely N-dealkylation sites (N-methyl/N-ethyl adjacent to an activating group) is 1. The molecule has 4 nitrogen and oxygen atoms in total. The number of anilines is 2. The summed E-state index contributed by atoms with van der Waals surface area (Å²) in [5, 5.41) is 0.229. The van der Waals surface area contributed by atoms with Crippen LogP contribution in [0, 0.1) is 0 Å². The smallest absolute Gasteiger partial charge is 0.297 e. The standard InChI is InChI=1S/C21H20N2O2S/c1-3-22-17-8-6-5-7-15(17)13-16-11-14(9-10-18(16)22)12-19-20(24)23(4-2)21(26)25-19/h5-12H,3-4,13H2,1-2H3/b19-12+. The van der Waals surface area contributed by atoms with Crippen molar-refractivity contribution in [2.45, 2.75) is 20.3 Å². The van der Waals surface area contributed by atoms with Crippen LogP contribution in [0.25, 0.3) is 6.08 Å². The van der Waals surface area contributed by atoms with Crippen molar-refractivity contribution >= 4 is 40.8 Å². The van der Waals surface area contributed by atoms with Crippen LogP contribution in [-0.2, 0) is 16.0 Å². The van der Waals surface area contributed by atoms with Crippen molar-refractivity contribution in [2.24, 2.45) is 0 Å². The number of carbonyl (C=O) groups excluding carboxylic acids is 1. The van der Waals surface area contributed by atoms with Crippen molar-refractivity contribution in [3.8, 4) is 0 Å². The van der Waals surface area contributed by atoms with Crippen LogP contribution in [0.5, 0.6) is 0 Å². The van der Waals surface area contributed by atoms with E-state index in [2.05, 4.69) is 48.2 Å². The number of amides is 1. The summed E-state index contributed by atoms with van der Waals surface area (Å²) in [7, 11) is 0. The minimum Gasteiger partial charge on any atom is -0.426 e. The maximum absolute atomic E-state index is 12.3. The van der Waals surface area contributed by atoms with Gasteiger partial charge in [-0.15, -0.1) is 0 Å². The second-order valence-electron chi connectivity index (χ2n) is 6.36. The number of benzene rings is 2. The van der Waals surface area contributed by atoms with Crippen LogP contribution in [-0.4, -0.2) is 29.1 Å². The van der Waals surface area contributed by atoms with Crippen LogP contribution in [0.2, 0.25) is 0 Å². The highest BCUT2D eigenvalue weighted by Gasteiger charge is 2.32. The molecule has 0 aromatic heterocycles. The summed E-state index contributed by atoms with van der Waals surface area (Å²) < 4.78 is 5.48. The van der Waals surface area contributed by atoms with Gasteiger partial charge in [0.2, 0.25) is 0 Å². The van der Waals surface area contributed by atoms with E-state index in [-0.39, 0.29) is 11.1 Å². The first-order chi connectivity index (χ1) is 12.6. The average Bonchev–Trinajstić information content (AvgIpc) is 2.92. The van der Waals surface area contributed by atoms with Gasteiger partial charge in [-0.25, -0.2) is 0 Å². The molecule has 2 aliphatic rings. The van der Waals surface area contributed by atoms with Gasteiger partial charge in [0.25, 0.3) is 11.1 Å². The van der Waals surface area contributed by atoms with E-state index >= 15 is 0 Å². The lowest BCUT2D eigenvalue weighted by Gasteiger charge is -2.32. The first kappa shape index (κ1) is 16.8. The summed E-state index contributed by atoms with van der Waals surface area (Å²) in [5.41, 5.74) is 6.01. The second kappa shape index (κ2) is 6.57. The molecule has 4 rings (SSSR count).